The van der Waals surface area contributed by atoms with Crippen LogP contribution >= 0.6 is 0 Å². The molecule has 1 aliphatic rings. The monoisotopic (exact) mass is 351 g/mol. The third-order valence-electron chi connectivity index (χ3n) is 3.84. The highest BCUT2D eigenvalue weighted by Crippen LogP contribution is 2.32. The minimum absolute atomic E-state index is 0.0572. The molecule has 0 radical (unpaired) electrons. The highest BCUT2D eigenvalue weighted by molar-refractivity contribution is 5.97. The first-order valence-corrected chi connectivity index (χ1v) is 7.90. The number of anilines is 1. The standard InChI is InChI=1S/C19H17N3O4/c1-12-6-15(23)3-4-16(12)21-10-14(8-20)19(24)22-9-13-2-5-17-18(7-13)26-11-25-17/h2-7,10,21,23H,9,11H2,1H3,(H,22,24)/b14-10-. The number of fused-ring (bicyclic) bond motifs is 1. The Balaban J connectivity index is 1.62. The molecule has 0 spiro atoms. The number of amides is 1. The lowest BCUT2D eigenvalue weighted by Crippen LogP contribution is -2.24. The van der Waals surface area contributed by atoms with Crippen molar-refractivity contribution in [1.29, 1.82) is 5.26 Å². The molecule has 0 aromatic heterocycles. The maximum atomic E-state index is 12.2. The first-order valence-electron chi connectivity index (χ1n) is 7.90. The van der Waals surface area contributed by atoms with Crippen molar-refractivity contribution in [2.24, 2.45) is 0 Å². The molecule has 3 rings (SSSR count). The molecule has 0 atom stereocenters. The van der Waals surface area contributed by atoms with Gasteiger partial charge in [0.1, 0.15) is 17.4 Å². The first-order chi connectivity index (χ1) is 12.6. The summed E-state index contributed by atoms with van der Waals surface area (Å²) in [5.41, 5.74) is 2.26. The highest BCUT2D eigenvalue weighted by atomic mass is 16.7. The van der Waals surface area contributed by atoms with E-state index < -0.39 is 5.91 Å². The van der Waals surface area contributed by atoms with Gasteiger partial charge in [0.15, 0.2) is 11.5 Å². The minimum Gasteiger partial charge on any atom is -0.508 e. The van der Waals surface area contributed by atoms with E-state index in [1.54, 1.807) is 24.3 Å². The van der Waals surface area contributed by atoms with Gasteiger partial charge in [-0.15, -0.1) is 0 Å². The zero-order valence-corrected chi connectivity index (χ0v) is 14.1. The number of phenolic OH excluding ortho intramolecular Hbond substituents is 1. The van der Waals surface area contributed by atoms with Crippen LogP contribution in [0.4, 0.5) is 5.69 Å². The van der Waals surface area contributed by atoms with Crippen LogP contribution in [0.15, 0.2) is 48.2 Å². The zero-order chi connectivity index (χ0) is 18.5. The number of rotatable bonds is 5. The highest BCUT2D eigenvalue weighted by Gasteiger charge is 2.14. The molecule has 0 saturated heterocycles. The lowest BCUT2D eigenvalue weighted by molar-refractivity contribution is -0.117. The van der Waals surface area contributed by atoms with E-state index in [1.807, 2.05) is 19.1 Å². The zero-order valence-electron chi connectivity index (χ0n) is 14.1. The number of hydrogen-bond acceptors (Lipinski definition) is 6. The van der Waals surface area contributed by atoms with Gasteiger partial charge in [-0.25, -0.2) is 0 Å². The van der Waals surface area contributed by atoms with Gasteiger partial charge in [-0.05, 0) is 48.4 Å². The van der Waals surface area contributed by atoms with Gasteiger partial charge in [-0.1, -0.05) is 6.07 Å². The Bertz CT molecular complexity index is 915. The molecule has 0 fully saturated rings. The van der Waals surface area contributed by atoms with Gasteiger partial charge in [0.25, 0.3) is 5.91 Å². The van der Waals surface area contributed by atoms with Crippen molar-refractivity contribution < 1.29 is 19.4 Å². The minimum atomic E-state index is -0.492. The summed E-state index contributed by atoms with van der Waals surface area (Å²) in [5.74, 6) is 0.969. The molecule has 2 aromatic carbocycles. The number of nitriles is 1. The second-order valence-electron chi connectivity index (χ2n) is 5.68. The van der Waals surface area contributed by atoms with Crippen molar-refractivity contribution in [3.05, 3.63) is 59.3 Å². The van der Waals surface area contributed by atoms with Gasteiger partial charge >= 0.3 is 0 Å². The average molecular weight is 351 g/mol. The number of ether oxygens (including phenoxy) is 2. The third-order valence-corrected chi connectivity index (χ3v) is 3.84. The summed E-state index contributed by atoms with van der Waals surface area (Å²) in [6, 6.07) is 12.0. The van der Waals surface area contributed by atoms with E-state index in [4.69, 9.17) is 9.47 Å². The molecule has 0 aliphatic carbocycles. The first kappa shape index (κ1) is 17.2. The van der Waals surface area contributed by atoms with Crippen molar-refractivity contribution in [3.8, 4) is 23.3 Å². The normalized spacial score (nSPS) is 12.4. The van der Waals surface area contributed by atoms with E-state index in [2.05, 4.69) is 10.6 Å². The summed E-state index contributed by atoms with van der Waals surface area (Å²) < 4.78 is 10.5. The Morgan fingerprint density at radius 3 is 2.85 bits per heavy atom. The summed E-state index contributed by atoms with van der Waals surface area (Å²) in [6.45, 7) is 2.25. The number of aryl methyl sites for hydroxylation is 1. The van der Waals surface area contributed by atoms with Gasteiger partial charge < -0.3 is 25.2 Å². The van der Waals surface area contributed by atoms with Crippen LogP contribution in [0.5, 0.6) is 17.2 Å². The smallest absolute Gasteiger partial charge is 0.263 e. The van der Waals surface area contributed by atoms with Crippen LogP contribution in [0.25, 0.3) is 0 Å². The molecular weight excluding hydrogens is 334 g/mol. The van der Waals surface area contributed by atoms with Gasteiger partial charge in [-0.2, -0.15) is 5.26 Å². The molecule has 7 heteroatoms. The van der Waals surface area contributed by atoms with Crippen LogP contribution in [-0.4, -0.2) is 17.8 Å². The Morgan fingerprint density at radius 1 is 1.27 bits per heavy atom. The number of hydrogen-bond donors (Lipinski definition) is 3. The van der Waals surface area contributed by atoms with Crippen molar-refractivity contribution in [2.75, 3.05) is 12.1 Å². The number of nitrogens with zero attached hydrogens (tertiary/aromatic N) is 1. The molecule has 1 amide bonds. The number of nitrogens with one attached hydrogen (secondary N) is 2. The summed E-state index contributed by atoms with van der Waals surface area (Å²) in [4.78, 5) is 12.2. The number of carbonyl (C=O) groups is 1. The number of carbonyl (C=O) groups excluding carboxylic acids is 1. The fourth-order valence-corrected chi connectivity index (χ4v) is 2.44. The molecule has 26 heavy (non-hydrogen) atoms. The molecule has 0 unspecified atom stereocenters. The predicted molar refractivity (Wildman–Crippen MR) is 94.6 cm³/mol. The van der Waals surface area contributed by atoms with Crippen LogP contribution < -0.4 is 20.1 Å². The Kier molecular flexibility index (Phi) is 4.94. The summed E-state index contributed by atoms with van der Waals surface area (Å²) in [7, 11) is 0. The van der Waals surface area contributed by atoms with Crippen LogP contribution in [0.1, 0.15) is 11.1 Å². The van der Waals surface area contributed by atoms with Crippen molar-refractivity contribution >= 4 is 11.6 Å². The van der Waals surface area contributed by atoms with Gasteiger partial charge in [-0.3, -0.25) is 4.79 Å². The van der Waals surface area contributed by atoms with E-state index in [0.29, 0.717) is 17.2 Å². The Hall–Kier alpha value is -3.66. The second kappa shape index (κ2) is 7.49. The van der Waals surface area contributed by atoms with Crippen molar-refractivity contribution in [1.82, 2.24) is 5.32 Å². The molecule has 1 heterocycles. The number of benzene rings is 2. The fourth-order valence-electron chi connectivity index (χ4n) is 2.44. The van der Waals surface area contributed by atoms with Crippen molar-refractivity contribution in [2.45, 2.75) is 13.5 Å². The van der Waals surface area contributed by atoms with Crippen molar-refractivity contribution in [3.63, 3.8) is 0 Å². The molecule has 7 nitrogen and oxygen atoms in total. The van der Waals surface area contributed by atoms with Crippen LogP contribution in [-0.2, 0) is 11.3 Å². The summed E-state index contributed by atoms with van der Waals surface area (Å²) in [5, 5.41) is 24.2. The van der Waals surface area contributed by atoms with Crippen LogP contribution in [0.3, 0.4) is 0 Å². The van der Waals surface area contributed by atoms with E-state index in [-0.39, 0.29) is 24.7 Å². The topological polar surface area (TPSA) is 104 Å². The molecule has 0 bridgehead atoms. The molecule has 1 aliphatic heterocycles. The van der Waals surface area contributed by atoms with E-state index in [1.165, 1.54) is 12.3 Å². The Morgan fingerprint density at radius 2 is 2.08 bits per heavy atom. The molecule has 132 valence electrons. The third kappa shape index (κ3) is 3.87. The predicted octanol–water partition coefficient (Wildman–Crippen LogP) is 2.57. The molecule has 2 aromatic rings. The van der Waals surface area contributed by atoms with E-state index in [0.717, 1.165) is 11.1 Å². The average Bonchev–Trinajstić information content (AvgIpc) is 3.09. The fraction of sp³-hybridized carbons (Fsp3) is 0.158. The quantitative estimate of drug-likeness (QED) is 0.434. The molecular formula is C19H17N3O4. The number of phenols is 1. The van der Waals surface area contributed by atoms with E-state index in [9.17, 15) is 15.2 Å². The van der Waals surface area contributed by atoms with Crippen LogP contribution in [0.2, 0.25) is 0 Å². The molecule has 3 N–H and O–H groups in total. The maximum Gasteiger partial charge on any atom is 0.263 e. The maximum absolute atomic E-state index is 12.2. The largest absolute Gasteiger partial charge is 0.508 e. The van der Waals surface area contributed by atoms with Gasteiger partial charge in [0, 0.05) is 18.4 Å². The van der Waals surface area contributed by atoms with Gasteiger partial charge in [0.2, 0.25) is 6.79 Å². The molecule has 0 saturated carbocycles. The summed E-state index contributed by atoms with van der Waals surface area (Å²) >= 11 is 0. The van der Waals surface area contributed by atoms with Crippen LogP contribution in [0, 0.1) is 18.3 Å². The SMILES string of the molecule is Cc1cc(O)ccc1N/C=C(/C#N)C(=O)NCc1ccc2c(c1)OCO2. The second-order valence-corrected chi connectivity index (χ2v) is 5.68. The van der Waals surface area contributed by atoms with Gasteiger partial charge in [0.05, 0.1) is 0 Å². The van der Waals surface area contributed by atoms with E-state index >= 15 is 0 Å². The summed E-state index contributed by atoms with van der Waals surface area (Å²) in [6.07, 6.45) is 1.34. The number of aromatic hydroxyl groups is 1. The Labute approximate surface area is 150 Å². The lowest BCUT2D eigenvalue weighted by atomic mass is 10.2. The lowest BCUT2D eigenvalue weighted by Gasteiger charge is -2.08.